The van der Waals surface area contributed by atoms with Gasteiger partial charge in [0.2, 0.25) is 5.95 Å². The minimum absolute atomic E-state index is 0.884. The van der Waals surface area contributed by atoms with Crippen LogP contribution in [0.1, 0.15) is 0 Å². The van der Waals surface area contributed by atoms with Gasteiger partial charge in [-0.15, -0.1) is 0 Å². The quantitative estimate of drug-likeness (QED) is 0.231. The molecule has 40 heavy (non-hydrogen) atoms. The van der Waals surface area contributed by atoms with Crippen LogP contribution in [0.4, 0.5) is 0 Å². The maximum atomic E-state index is 5.40. The average molecular weight is 512 g/mol. The van der Waals surface area contributed by atoms with Gasteiger partial charge in [-0.1, -0.05) is 103 Å². The van der Waals surface area contributed by atoms with Crippen LogP contribution in [0, 0.1) is 0 Å². The van der Waals surface area contributed by atoms with Crippen LogP contribution in [0.3, 0.4) is 0 Å². The third-order valence-electron chi connectivity index (χ3n) is 7.73. The van der Waals surface area contributed by atoms with E-state index in [2.05, 4.69) is 161 Å². The third-order valence-corrected chi connectivity index (χ3v) is 7.73. The Kier molecular flexibility index (Phi) is 5.14. The Morgan fingerprint density at radius 2 is 0.875 bits per heavy atom. The predicted octanol–water partition coefficient (Wildman–Crippen LogP) is 9.43. The highest BCUT2D eigenvalue weighted by molar-refractivity contribution is 6.09. The van der Waals surface area contributed by atoms with Gasteiger partial charge >= 0.3 is 0 Å². The van der Waals surface area contributed by atoms with Crippen molar-refractivity contribution >= 4 is 27.3 Å². The first-order valence-corrected chi connectivity index (χ1v) is 13.6. The fourth-order valence-corrected chi connectivity index (χ4v) is 5.89. The van der Waals surface area contributed by atoms with Gasteiger partial charge in [-0.25, -0.2) is 4.98 Å². The number of para-hydroxylation sites is 2. The summed E-state index contributed by atoms with van der Waals surface area (Å²) in [5, 5.41) is 2.45. The smallest absolute Gasteiger partial charge is 0.220 e. The molecule has 3 aromatic heterocycles. The SMILES string of the molecule is c1ccc(-c2cc(-c3ccccc3)cc(-c3nc(-n4c5ccccc5c5ccccc54)n4ccccc34)c2)cc1. The lowest BCUT2D eigenvalue weighted by atomic mass is 9.95. The Bertz CT molecular complexity index is 2040. The zero-order valence-corrected chi connectivity index (χ0v) is 21.8. The summed E-state index contributed by atoms with van der Waals surface area (Å²) in [6.07, 6.45) is 2.11. The molecule has 3 heteroatoms. The summed E-state index contributed by atoms with van der Waals surface area (Å²) in [7, 11) is 0. The van der Waals surface area contributed by atoms with Crippen LogP contribution >= 0.6 is 0 Å². The van der Waals surface area contributed by atoms with E-state index >= 15 is 0 Å². The summed E-state index contributed by atoms with van der Waals surface area (Å²) in [6.45, 7) is 0. The molecule has 0 atom stereocenters. The maximum Gasteiger partial charge on any atom is 0.220 e. The molecule has 0 N–H and O–H groups in total. The second kappa shape index (κ2) is 9.11. The Balaban J connectivity index is 1.43. The highest BCUT2D eigenvalue weighted by Gasteiger charge is 2.19. The predicted molar refractivity (Wildman–Crippen MR) is 166 cm³/mol. The minimum Gasteiger partial charge on any atom is -0.285 e. The van der Waals surface area contributed by atoms with Crippen molar-refractivity contribution in [2.75, 3.05) is 0 Å². The Labute approximate surface area is 232 Å². The van der Waals surface area contributed by atoms with Gasteiger partial charge in [-0.3, -0.25) is 8.97 Å². The van der Waals surface area contributed by atoms with E-state index < -0.39 is 0 Å². The second-order valence-electron chi connectivity index (χ2n) is 10.1. The molecule has 5 aromatic carbocycles. The molecule has 3 nitrogen and oxygen atoms in total. The molecule has 3 heterocycles. The van der Waals surface area contributed by atoms with Gasteiger partial charge in [0.05, 0.1) is 22.2 Å². The fourth-order valence-electron chi connectivity index (χ4n) is 5.89. The molecule has 0 radical (unpaired) electrons. The van der Waals surface area contributed by atoms with Gasteiger partial charge in [0.25, 0.3) is 0 Å². The summed E-state index contributed by atoms with van der Waals surface area (Å²) in [5.74, 6) is 0.884. The number of fused-ring (bicyclic) bond motifs is 4. The average Bonchev–Trinajstić information content (AvgIpc) is 3.58. The van der Waals surface area contributed by atoms with E-state index in [0.29, 0.717) is 0 Å². The molecule has 0 aliphatic carbocycles. The van der Waals surface area contributed by atoms with Gasteiger partial charge < -0.3 is 0 Å². The molecule has 0 amide bonds. The molecule has 8 aromatic rings. The van der Waals surface area contributed by atoms with E-state index in [0.717, 1.165) is 33.8 Å². The second-order valence-corrected chi connectivity index (χ2v) is 10.1. The van der Waals surface area contributed by atoms with E-state index in [1.165, 1.54) is 33.0 Å². The summed E-state index contributed by atoms with van der Waals surface area (Å²) in [5.41, 5.74) is 10.1. The normalized spacial score (nSPS) is 11.5. The standard InChI is InChI=1S/C37H25N3/c1-3-13-26(14-4-1)28-23-29(27-15-5-2-6-16-27)25-30(24-28)36-35-21-11-12-22-39(35)37(38-36)40-33-19-9-7-17-31(33)32-18-8-10-20-34(32)40/h1-25H. The molecule has 0 unspecified atom stereocenters. The van der Waals surface area contributed by atoms with Crippen LogP contribution in [0.25, 0.3) is 66.8 Å². The number of pyridine rings is 1. The van der Waals surface area contributed by atoms with Crippen molar-refractivity contribution in [2.45, 2.75) is 0 Å². The van der Waals surface area contributed by atoms with Gasteiger partial charge in [-0.2, -0.15) is 0 Å². The van der Waals surface area contributed by atoms with Crippen molar-refractivity contribution in [3.05, 3.63) is 152 Å². The van der Waals surface area contributed by atoms with Crippen molar-refractivity contribution < 1.29 is 0 Å². The topological polar surface area (TPSA) is 22.2 Å². The first-order valence-electron chi connectivity index (χ1n) is 13.6. The minimum atomic E-state index is 0.884. The van der Waals surface area contributed by atoms with E-state index in [1.807, 2.05) is 0 Å². The highest BCUT2D eigenvalue weighted by Crippen LogP contribution is 2.37. The molecule has 0 spiro atoms. The molecule has 0 aliphatic rings. The van der Waals surface area contributed by atoms with E-state index in [4.69, 9.17) is 4.98 Å². The summed E-state index contributed by atoms with van der Waals surface area (Å²) >= 11 is 0. The van der Waals surface area contributed by atoms with Crippen molar-refractivity contribution in [2.24, 2.45) is 0 Å². The number of aromatic nitrogens is 3. The Morgan fingerprint density at radius 1 is 0.400 bits per heavy atom. The molecule has 0 saturated heterocycles. The maximum absolute atomic E-state index is 5.40. The Morgan fingerprint density at radius 3 is 1.48 bits per heavy atom. The molecule has 0 aliphatic heterocycles. The van der Waals surface area contributed by atoms with Crippen LogP contribution in [-0.2, 0) is 0 Å². The molecule has 8 rings (SSSR count). The number of hydrogen-bond donors (Lipinski definition) is 0. The number of hydrogen-bond acceptors (Lipinski definition) is 1. The van der Waals surface area contributed by atoms with E-state index in [1.54, 1.807) is 0 Å². The van der Waals surface area contributed by atoms with Crippen LogP contribution < -0.4 is 0 Å². The summed E-state index contributed by atoms with van der Waals surface area (Å²) in [6, 6.07) is 51.5. The summed E-state index contributed by atoms with van der Waals surface area (Å²) in [4.78, 5) is 5.40. The largest absolute Gasteiger partial charge is 0.285 e. The van der Waals surface area contributed by atoms with Crippen molar-refractivity contribution in [1.82, 2.24) is 14.0 Å². The fraction of sp³-hybridized carbons (Fsp3) is 0. The van der Waals surface area contributed by atoms with Gasteiger partial charge in [0.1, 0.15) is 0 Å². The first kappa shape index (κ1) is 22.6. The number of benzene rings is 5. The van der Waals surface area contributed by atoms with Crippen LogP contribution in [0.2, 0.25) is 0 Å². The Hall–Kier alpha value is -5.41. The lowest BCUT2D eigenvalue weighted by Crippen LogP contribution is -2.00. The van der Waals surface area contributed by atoms with Gasteiger partial charge in [0.15, 0.2) is 0 Å². The van der Waals surface area contributed by atoms with Gasteiger partial charge in [0, 0.05) is 22.5 Å². The number of imidazole rings is 1. The van der Waals surface area contributed by atoms with Crippen molar-refractivity contribution in [1.29, 1.82) is 0 Å². The zero-order chi connectivity index (χ0) is 26.5. The molecule has 0 bridgehead atoms. The molecular weight excluding hydrogens is 486 g/mol. The summed E-state index contributed by atoms with van der Waals surface area (Å²) < 4.78 is 4.51. The first-order chi connectivity index (χ1) is 19.8. The third kappa shape index (κ3) is 3.56. The highest BCUT2D eigenvalue weighted by atomic mass is 15.2. The molecule has 188 valence electrons. The number of nitrogens with zero attached hydrogens (tertiary/aromatic N) is 3. The lowest BCUT2D eigenvalue weighted by Gasteiger charge is -2.10. The van der Waals surface area contributed by atoms with Crippen LogP contribution in [0.15, 0.2) is 152 Å². The lowest BCUT2D eigenvalue weighted by molar-refractivity contribution is 0.983. The number of rotatable bonds is 4. The van der Waals surface area contributed by atoms with Crippen molar-refractivity contribution in [3.63, 3.8) is 0 Å². The van der Waals surface area contributed by atoms with E-state index in [-0.39, 0.29) is 0 Å². The van der Waals surface area contributed by atoms with E-state index in [9.17, 15) is 0 Å². The molecule has 0 saturated carbocycles. The van der Waals surface area contributed by atoms with Crippen LogP contribution in [0.5, 0.6) is 0 Å². The van der Waals surface area contributed by atoms with Gasteiger partial charge in [-0.05, 0) is 64.7 Å². The molecular formula is C37H25N3. The zero-order valence-electron chi connectivity index (χ0n) is 21.8. The van der Waals surface area contributed by atoms with Crippen molar-refractivity contribution in [3.8, 4) is 39.5 Å². The molecule has 0 fully saturated rings. The van der Waals surface area contributed by atoms with Crippen LogP contribution in [-0.4, -0.2) is 14.0 Å². The monoisotopic (exact) mass is 511 g/mol.